The van der Waals surface area contributed by atoms with Gasteiger partial charge >= 0.3 is 0 Å². The van der Waals surface area contributed by atoms with Crippen LogP contribution in [0.25, 0.3) is 94.5 Å². The zero-order valence-corrected chi connectivity index (χ0v) is 32.5. The summed E-state index contributed by atoms with van der Waals surface area (Å²) in [4.78, 5) is 5.24. The van der Waals surface area contributed by atoms with E-state index in [4.69, 9.17) is 4.98 Å². The van der Waals surface area contributed by atoms with E-state index in [9.17, 15) is 0 Å². The molecule has 0 saturated heterocycles. The van der Waals surface area contributed by atoms with Gasteiger partial charge in [-0.25, -0.2) is 4.98 Å². The SMILES string of the molecule is CC1(C)c2ccccc2-c2ccc(-c3cccc(-c4ccc5c(c4)c4ccccc4n5-c4cccc(-c5cc(-c6ccccc6)cc(-c6ccccc6)n5)c4)c3)cc21. The number of benzene rings is 8. The summed E-state index contributed by atoms with van der Waals surface area (Å²) < 4.78 is 2.40. The Labute approximate surface area is 339 Å². The van der Waals surface area contributed by atoms with Gasteiger partial charge in [0.2, 0.25) is 0 Å². The molecule has 0 saturated carbocycles. The highest BCUT2D eigenvalue weighted by Gasteiger charge is 2.35. The van der Waals surface area contributed by atoms with Gasteiger partial charge in [-0.2, -0.15) is 0 Å². The van der Waals surface area contributed by atoms with Crippen molar-refractivity contribution in [2.45, 2.75) is 19.3 Å². The van der Waals surface area contributed by atoms with E-state index in [1.54, 1.807) is 0 Å². The van der Waals surface area contributed by atoms with Crippen molar-refractivity contribution in [2.24, 2.45) is 0 Å². The Kier molecular flexibility index (Phi) is 7.87. The monoisotopic (exact) mass is 740 g/mol. The molecular weight excluding hydrogens is 701 g/mol. The molecule has 58 heavy (non-hydrogen) atoms. The van der Waals surface area contributed by atoms with Crippen LogP contribution in [0.1, 0.15) is 25.0 Å². The molecule has 0 radical (unpaired) electrons. The summed E-state index contributed by atoms with van der Waals surface area (Å²) in [5, 5.41) is 2.47. The van der Waals surface area contributed by atoms with Gasteiger partial charge in [-0.05, 0) is 110 Å². The molecule has 2 nitrogen and oxygen atoms in total. The van der Waals surface area contributed by atoms with Crippen molar-refractivity contribution in [1.29, 1.82) is 0 Å². The lowest BCUT2D eigenvalue weighted by atomic mass is 9.81. The van der Waals surface area contributed by atoms with Crippen molar-refractivity contribution in [2.75, 3.05) is 0 Å². The smallest absolute Gasteiger partial charge is 0.0716 e. The van der Waals surface area contributed by atoms with Crippen LogP contribution in [0.4, 0.5) is 0 Å². The van der Waals surface area contributed by atoms with Crippen LogP contribution in [0.3, 0.4) is 0 Å². The van der Waals surface area contributed by atoms with Crippen LogP contribution in [-0.2, 0) is 5.41 Å². The van der Waals surface area contributed by atoms with E-state index in [0.717, 1.165) is 33.8 Å². The Morgan fingerprint density at radius 3 is 1.72 bits per heavy atom. The second-order valence-corrected chi connectivity index (χ2v) is 16.0. The van der Waals surface area contributed by atoms with Crippen LogP contribution in [0.2, 0.25) is 0 Å². The summed E-state index contributed by atoms with van der Waals surface area (Å²) in [6.45, 7) is 4.70. The molecule has 2 heteroatoms. The molecule has 2 aromatic heterocycles. The normalized spacial score (nSPS) is 12.8. The van der Waals surface area contributed by atoms with Gasteiger partial charge in [-0.3, -0.25) is 0 Å². The summed E-state index contributed by atoms with van der Waals surface area (Å²) in [6.07, 6.45) is 0. The maximum absolute atomic E-state index is 5.24. The number of pyridine rings is 1. The summed E-state index contributed by atoms with van der Waals surface area (Å²) in [7, 11) is 0. The molecule has 8 aromatic carbocycles. The van der Waals surface area contributed by atoms with E-state index in [1.165, 1.54) is 71.9 Å². The van der Waals surface area contributed by atoms with Gasteiger partial charge in [0.25, 0.3) is 0 Å². The first-order chi connectivity index (χ1) is 28.5. The minimum Gasteiger partial charge on any atom is -0.309 e. The van der Waals surface area contributed by atoms with E-state index < -0.39 is 0 Å². The molecule has 0 unspecified atom stereocenters. The van der Waals surface area contributed by atoms with Gasteiger partial charge in [0, 0.05) is 33.0 Å². The van der Waals surface area contributed by atoms with E-state index in [-0.39, 0.29) is 5.41 Å². The number of para-hydroxylation sites is 1. The molecule has 0 bridgehead atoms. The lowest BCUT2D eigenvalue weighted by Gasteiger charge is -2.22. The Hall–Kier alpha value is -7.29. The summed E-state index contributed by atoms with van der Waals surface area (Å²) in [5.74, 6) is 0. The fraction of sp³-hybridized carbons (Fsp3) is 0.0536. The van der Waals surface area contributed by atoms with Crippen LogP contribution in [0, 0.1) is 0 Å². The van der Waals surface area contributed by atoms with Crippen molar-refractivity contribution in [1.82, 2.24) is 9.55 Å². The molecule has 11 rings (SSSR count). The molecular formula is C56H40N2. The van der Waals surface area contributed by atoms with E-state index >= 15 is 0 Å². The first-order valence-electron chi connectivity index (χ1n) is 20.1. The maximum Gasteiger partial charge on any atom is 0.0716 e. The van der Waals surface area contributed by atoms with E-state index in [2.05, 4.69) is 225 Å². The quantitative estimate of drug-likeness (QED) is 0.166. The fourth-order valence-electron chi connectivity index (χ4n) is 9.23. The zero-order chi connectivity index (χ0) is 38.8. The molecule has 274 valence electrons. The minimum absolute atomic E-state index is 0.0356. The van der Waals surface area contributed by atoms with Crippen LogP contribution in [0.15, 0.2) is 206 Å². The Balaban J connectivity index is 0.995. The van der Waals surface area contributed by atoms with Crippen LogP contribution >= 0.6 is 0 Å². The number of aromatic nitrogens is 2. The second kappa shape index (κ2) is 13.4. The van der Waals surface area contributed by atoms with Crippen molar-refractivity contribution >= 4 is 21.8 Å². The van der Waals surface area contributed by atoms with Gasteiger partial charge in [0.05, 0.1) is 22.4 Å². The first kappa shape index (κ1) is 34.0. The van der Waals surface area contributed by atoms with Crippen molar-refractivity contribution in [3.05, 3.63) is 217 Å². The Bertz CT molecular complexity index is 3130. The molecule has 0 spiro atoms. The number of rotatable bonds is 6. The van der Waals surface area contributed by atoms with Crippen molar-refractivity contribution < 1.29 is 0 Å². The summed E-state index contributed by atoms with van der Waals surface area (Å²) in [6, 6.07) is 74.9. The zero-order valence-electron chi connectivity index (χ0n) is 32.5. The van der Waals surface area contributed by atoms with Gasteiger partial charge in [0.1, 0.15) is 0 Å². The first-order valence-corrected chi connectivity index (χ1v) is 20.1. The van der Waals surface area contributed by atoms with Gasteiger partial charge in [0.15, 0.2) is 0 Å². The fourth-order valence-corrected chi connectivity index (χ4v) is 9.23. The van der Waals surface area contributed by atoms with Gasteiger partial charge in [-0.15, -0.1) is 0 Å². The van der Waals surface area contributed by atoms with Gasteiger partial charge < -0.3 is 4.57 Å². The molecule has 1 aliphatic carbocycles. The van der Waals surface area contributed by atoms with Gasteiger partial charge in [-0.1, -0.05) is 166 Å². The number of nitrogens with zero attached hydrogens (tertiary/aromatic N) is 2. The average molecular weight is 741 g/mol. The van der Waals surface area contributed by atoms with E-state index in [1.807, 2.05) is 0 Å². The third-order valence-electron chi connectivity index (χ3n) is 12.2. The predicted molar refractivity (Wildman–Crippen MR) is 243 cm³/mol. The summed E-state index contributed by atoms with van der Waals surface area (Å²) >= 11 is 0. The molecule has 0 aliphatic heterocycles. The van der Waals surface area contributed by atoms with E-state index in [0.29, 0.717) is 0 Å². The molecule has 2 heterocycles. The molecule has 1 aliphatic rings. The Morgan fingerprint density at radius 1 is 0.345 bits per heavy atom. The topological polar surface area (TPSA) is 17.8 Å². The summed E-state index contributed by atoms with van der Waals surface area (Å²) in [5.41, 5.74) is 20.2. The number of fused-ring (bicyclic) bond motifs is 6. The van der Waals surface area contributed by atoms with Crippen LogP contribution in [0.5, 0.6) is 0 Å². The lowest BCUT2D eigenvalue weighted by molar-refractivity contribution is 0.660. The molecule has 0 N–H and O–H groups in total. The molecule has 0 fully saturated rings. The molecule has 0 atom stereocenters. The maximum atomic E-state index is 5.24. The highest BCUT2D eigenvalue weighted by molar-refractivity contribution is 6.10. The minimum atomic E-state index is -0.0356. The third-order valence-corrected chi connectivity index (χ3v) is 12.2. The number of hydrogen-bond acceptors (Lipinski definition) is 1. The number of hydrogen-bond donors (Lipinski definition) is 0. The Morgan fingerprint density at radius 2 is 0.914 bits per heavy atom. The highest BCUT2D eigenvalue weighted by atomic mass is 15.0. The average Bonchev–Trinajstić information content (AvgIpc) is 3.74. The lowest BCUT2D eigenvalue weighted by Crippen LogP contribution is -2.14. The second-order valence-electron chi connectivity index (χ2n) is 16.0. The molecule has 0 amide bonds. The standard InChI is InChI=1S/C56H40N2/c1-56(2)50-25-11-9-23-46(50)47-29-27-42(34-51(47)56)40-20-13-19-39(31-40)41-28-30-55-49(33-41)48-24-10-12-26-54(48)58(55)45-22-14-21-43(32-45)53-36-44(37-15-5-3-6-16-37)35-52(57-53)38-17-7-4-8-18-38/h3-36H,1-2H3. The third kappa shape index (κ3) is 5.60. The largest absolute Gasteiger partial charge is 0.309 e. The predicted octanol–water partition coefficient (Wildman–Crippen LogP) is 14.8. The van der Waals surface area contributed by atoms with Crippen molar-refractivity contribution in [3.63, 3.8) is 0 Å². The highest BCUT2D eigenvalue weighted by Crippen LogP contribution is 2.49. The molecule has 10 aromatic rings. The van der Waals surface area contributed by atoms with Crippen molar-refractivity contribution in [3.8, 4) is 72.7 Å². The van der Waals surface area contributed by atoms with Crippen LogP contribution < -0.4 is 0 Å². The van der Waals surface area contributed by atoms with Crippen LogP contribution in [-0.4, -0.2) is 9.55 Å².